The number of aliphatic imine (C=N–C) groups is 1. The van der Waals surface area contributed by atoms with Crippen molar-refractivity contribution >= 4 is 5.97 Å². The van der Waals surface area contributed by atoms with E-state index >= 15 is 0 Å². The van der Waals surface area contributed by atoms with Gasteiger partial charge in [0, 0.05) is 7.05 Å². The molecule has 0 saturated heterocycles. The molecule has 0 heterocycles. The SMILES string of the molecule is CN=C(F)C(OC)=C(N)C(F)(F)F. The van der Waals surface area contributed by atoms with Crippen LogP contribution in [-0.2, 0) is 4.74 Å². The molecule has 0 rings (SSSR count). The van der Waals surface area contributed by atoms with E-state index in [0.29, 0.717) is 0 Å². The Kier molecular flexibility index (Phi) is 3.70. The number of hydrogen-bond acceptors (Lipinski definition) is 3. The predicted octanol–water partition coefficient (Wildman–Crippen LogP) is 1.36. The molecule has 3 nitrogen and oxygen atoms in total. The maximum Gasteiger partial charge on any atom is 0.434 e. The molecule has 0 aliphatic rings. The molecule has 0 aliphatic carbocycles. The van der Waals surface area contributed by atoms with Gasteiger partial charge in [0.1, 0.15) is 0 Å². The maximum absolute atomic E-state index is 12.6. The van der Waals surface area contributed by atoms with Crippen LogP contribution in [0.2, 0.25) is 0 Å². The fourth-order valence-electron chi connectivity index (χ4n) is 0.536. The highest BCUT2D eigenvalue weighted by Gasteiger charge is 2.36. The molecule has 0 saturated carbocycles. The fraction of sp³-hybridized carbons (Fsp3) is 0.500. The molecule has 2 N–H and O–H groups in total. The molecule has 0 spiro atoms. The third kappa shape index (κ3) is 2.92. The molecule has 0 aromatic heterocycles. The molecule has 0 amide bonds. The fourth-order valence-corrected chi connectivity index (χ4v) is 0.536. The Labute approximate surface area is 71.9 Å². The molecule has 13 heavy (non-hydrogen) atoms. The second-order valence-corrected chi connectivity index (χ2v) is 1.96. The van der Waals surface area contributed by atoms with Crippen molar-refractivity contribution < 1.29 is 22.3 Å². The van der Waals surface area contributed by atoms with E-state index in [1.54, 1.807) is 0 Å². The average molecular weight is 200 g/mol. The molecule has 76 valence electrons. The van der Waals surface area contributed by atoms with Crippen LogP contribution < -0.4 is 5.73 Å². The predicted molar refractivity (Wildman–Crippen MR) is 38.7 cm³/mol. The van der Waals surface area contributed by atoms with Gasteiger partial charge in [0.05, 0.1) is 7.11 Å². The summed E-state index contributed by atoms with van der Waals surface area (Å²) in [6.07, 6.45) is -4.83. The number of hydrogen-bond donors (Lipinski definition) is 1. The van der Waals surface area contributed by atoms with E-state index in [-0.39, 0.29) is 0 Å². The molecule has 0 aromatic carbocycles. The van der Waals surface area contributed by atoms with Gasteiger partial charge < -0.3 is 10.5 Å². The summed E-state index contributed by atoms with van der Waals surface area (Å²) < 4.78 is 52.4. The lowest BCUT2D eigenvalue weighted by molar-refractivity contribution is -0.0954. The molecular weight excluding hydrogens is 192 g/mol. The van der Waals surface area contributed by atoms with Gasteiger partial charge in [0.15, 0.2) is 5.70 Å². The Balaban J connectivity index is 5.15. The van der Waals surface area contributed by atoms with Crippen LogP contribution in [0.25, 0.3) is 0 Å². The lowest BCUT2D eigenvalue weighted by Gasteiger charge is -2.10. The minimum absolute atomic E-state index is 0.874. The first-order chi connectivity index (χ1) is 5.84. The Hall–Kier alpha value is -1.27. The standard InChI is InChI=1S/C6H8F4N2O/c1-12-5(7)3(13-2)4(11)6(8,9)10/h11H2,1-2H3. The van der Waals surface area contributed by atoms with Gasteiger partial charge in [0.25, 0.3) is 5.97 Å². The third-order valence-electron chi connectivity index (χ3n) is 1.14. The highest BCUT2D eigenvalue weighted by Crippen LogP contribution is 2.25. The molecule has 0 aliphatic heterocycles. The smallest absolute Gasteiger partial charge is 0.434 e. The molecule has 0 bridgehead atoms. The number of alkyl halides is 3. The molecule has 0 radical (unpaired) electrons. The van der Waals surface area contributed by atoms with Crippen molar-refractivity contribution in [2.24, 2.45) is 10.7 Å². The normalized spacial score (nSPS) is 15.4. The highest BCUT2D eigenvalue weighted by molar-refractivity contribution is 5.91. The molecule has 7 heteroatoms. The number of allylic oxidation sites excluding steroid dienone is 2. The third-order valence-corrected chi connectivity index (χ3v) is 1.14. The number of rotatable bonds is 2. The van der Waals surface area contributed by atoms with Crippen molar-refractivity contribution in [1.82, 2.24) is 0 Å². The van der Waals surface area contributed by atoms with Crippen LogP contribution in [0.15, 0.2) is 16.4 Å². The first-order valence-electron chi connectivity index (χ1n) is 3.08. The van der Waals surface area contributed by atoms with Crippen molar-refractivity contribution in [2.45, 2.75) is 6.18 Å². The van der Waals surface area contributed by atoms with Gasteiger partial charge >= 0.3 is 6.18 Å². The van der Waals surface area contributed by atoms with Crippen molar-refractivity contribution in [3.05, 3.63) is 11.5 Å². The van der Waals surface area contributed by atoms with Crippen LogP contribution in [0.1, 0.15) is 0 Å². The minimum Gasteiger partial charge on any atom is -0.490 e. The Bertz CT molecular complexity index is 244. The second kappa shape index (κ2) is 4.11. The molecular formula is C6H8F4N2O. The summed E-state index contributed by atoms with van der Waals surface area (Å²) in [6, 6.07) is 0. The van der Waals surface area contributed by atoms with E-state index in [1.165, 1.54) is 0 Å². The summed E-state index contributed by atoms with van der Waals surface area (Å²) in [5.74, 6) is -2.49. The zero-order chi connectivity index (χ0) is 10.6. The zero-order valence-corrected chi connectivity index (χ0v) is 6.94. The summed E-state index contributed by atoms with van der Waals surface area (Å²) in [4.78, 5) is 2.88. The molecule has 0 fully saturated rings. The minimum atomic E-state index is -4.83. The zero-order valence-electron chi connectivity index (χ0n) is 6.94. The van der Waals surface area contributed by atoms with Crippen LogP contribution in [0.5, 0.6) is 0 Å². The van der Waals surface area contributed by atoms with E-state index in [2.05, 4.69) is 15.5 Å². The summed E-state index contributed by atoms with van der Waals surface area (Å²) in [5, 5.41) is 0. The lowest BCUT2D eigenvalue weighted by atomic mass is 10.3. The summed E-state index contributed by atoms with van der Waals surface area (Å²) in [7, 11) is 1.86. The van der Waals surface area contributed by atoms with Crippen LogP contribution in [0.3, 0.4) is 0 Å². The van der Waals surface area contributed by atoms with Crippen molar-refractivity contribution in [2.75, 3.05) is 14.2 Å². The monoisotopic (exact) mass is 200 g/mol. The molecule has 0 unspecified atom stereocenters. The summed E-state index contributed by atoms with van der Waals surface area (Å²) in [6.45, 7) is 0. The lowest BCUT2D eigenvalue weighted by Crippen LogP contribution is -2.24. The van der Waals surface area contributed by atoms with Gasteiger partial charge in [-0.1, -0.05) is 0 Å². The maximum atomic E-state index is 12.6. The van der Waals surface area contributed by atoms with E-state index < -0.39 is 23.6 Å². The van der Waals surface area contributed by atoms with Crippen molar-refractivity contribution in [3.63, 3.8) is 0 Å². The Morgan fingerprint density at radius 3 is 2.08 bits per heavy atom. The first kappa shape index (κ1) is 11.7. The summed E-state index contributed by atoms with van der Waals surface area (Å²) >= 11 is 0. The van der Waals surface area contributed by atoms with Gasteiger partial charge in [-0.15, -0.1) is 0 Å². The van der Waals surface area contributed by atoms with E-state index in [1.807, 2.05) is 0 Å². The van der Waals surface area contributed by atoms with Crippen molar-refractivity contribution in [3.8, 4) is 0 Å². The molecule has 0 aromatic rings. The van der Waals surface area contributed by atoms with E-state index in [0.717, 1.165) is 14.2 Å². The number of halogens is 4. The van der Waals surface area contributed by atoms with Gasteiger partial charge in [-0.3, -0.25) is 4.99 Å². The average Bonchev–Trinajstić information content (AvgIpc) is 2.03. The van der Waals surface area contributed by atoms with Crippen LogP contribution in [-0.4, -0.2) is 26.3 Å². The van der Waals surface area contributed by atoms with Gasteiger partial charge in [0.2, 0.25) is 5.76 Å². The van der Waals surface area contributed by atoms with Gasteiger partial charge in [-0.25, -0.2) is 0 Å². The van der Waals surface area contributed by atoms with E-state index in [4.69, 9.17) is 0 Å². The van der Waals surface area contributed by atoms with E-state index in [9.17, 15) is 17.6 Å². The number of nitrogens with zero attached hydrogens (tertiary/aromatic N) is 1. The first-order valence-corrected chi connectivity index (χ1v) is 3.08. The second-order valence-electron chi connectivity index (χ2n) is 1.96. The molecule has 0 atom stereocenters. The summed E-state index contributed by atoms with van der Waals surface area (Å²) in [5.41, 5.74) is 2.95. The van der Waals surface area contributed by atoms with Crippen LogP contribution in [0, 0.1) is 0 Å². The number of methoxy groups -OCH3 is 1. The van der Waals surface area contributed by atoms with Gasteiger partial charge in [-0.2, -0.15) is 17.6 Å². The van der Waals surface area contributed by atoms with Crippen LogP contribution in [0.4, 0.5) is 17.6 Å². The Morgan fingerprint density at radius 2 is 1.85 bits per heavy atom. The Morgan fingerprint density at radius 1 is 1.38 bits per heavy atom. The largest absolute Gasteiger partial charge is 0.490 e. The highest BCUT2D eigenvalue weighted by atomic mass is 19.4. The van der Waals surface area contributed by atoms with Gasteiger partial charge in [-0.05, 0) is 0 Å². The van der Waals surface area contributed by atoms with Crippen LogP contribution >= 0.6 is 0 Å². The quantitative estimate of drug-likeness (QED) is 0.415. The topological polar surface area (TPSA) is 47.6 Å². The van der Waals surface area contributed by atoms with Crippen molar-refractivity contribution in [1.29, 1.82) is 0 Å². The number of ether oxygens (including phenoxy) is 1. The number of nitrogens with two attached hydrogens (primary N) is 1.